The molecule has 2 heterocycles. The Balaban J connectivity index is 1.51. The van der Waals surface area contributed by atoms with Gasteiger partial charge in [0.2, 0.25) is 0 Å². The van der Waals surface area contributed by atoms with E-state index in [1.54, 1.807) is 48.8 Å². The number of fused-ring (bicyclic) bond motifs is 1. The van der Waals surface area contributed by atoms with E-state index in [2.05, 4.69) is 9.97 Å². The zero-order valence-corrected chi connectivity index (χ0v) is 18.5. The third kappa shape index (κ3) is 5.34. The van der Waals surface area contributed by atoms with Crippen molar-refractivity contribution < 1.29 is 14.3 Å². The summed E-state index contributed by atoms with van der Waals surface area (Å²) >= 11 is 7.37. The molecule has 0 fully saturated rings. The summed E-state index contributed by atoms with van der Waals surface area (Å²) in [4.78, 5) is 23.5. The van der Waals surface area contributed by atoms with Gasteiger partial charge in [0.1, 0.15) is 11.5 Å². The van der Waals surface area contributed by atoms with Crippen LogP contribution in [0.2, 0.25) is 5.02 Å². The van der Waals surface area contributed by atoms with Crippen LogP contribution in [0.4, 0.5) is 5.13 Å². The zero-order valence-electron chi connectivity index (χ0n) is 16.9. The molecule has 7 nitrogen and oxygen atoms in total. The molecule has 0 saturated heterocycles. The number of aryl methyl sites for hydroxylation is 1. The van der Waals surface area contributed by atoms with Crippen LogP contribution in [0.25, 0.3) is 10.2 Å². The van der Waals surface area contributed by atoms with Gasteiger partial charge in [0.15, 0.2) is 11.7 Å². The molecule has 1 amide bonds. The fraction of sp³-hybridized carbons (Fsp3) is 0.227. The van der Waals surface area contributed by atoms with E-state index in [1.165, 1.54) is 11.3 Å². The number of carbonyl (C=O) groups is 1. The number of rotatable bonds is 9. The highest BCUT2D eigenvalue weighted by Crippen LogP contribution is 2.31. The van der Waals surface area contributed by atoms with Gasteiger partial charge < -0.3 is 14.0 Å². The van der Waals surface area contributed by atoms with E-state index >= 15 is 0 Å². The molecule has 0 spiro atoms. The average molecular weight is 457 g/mol. The van der Waals surface area contributed by atoms with Crippen LogP contribution >= 0.6 is 22.9 Å². The van der Waals surface area contributed by atoms with Crippen LogP contribution in [0, 0.1) is 0 Å². The van der Waals surface area contributed by atoms with Crippen molar-refractivity contribution in [3.8, 4) is 11.5 Å². The van der Waals surface area contributed by atoms with Crippen LogP contribution in [-0.2, 0) is 11.3 Å². The van der Waals surface area contributed by atoms with Gasteiger partial charge in [-0.3, -0.25) is 9.69 Å². The van der Waals surface area contributed by atoms with Crippen molar-refractivity contribution in [2.45, 2.75) is 13.0 Å². The van der Waals surface area contributed by atoms with Crippen LogP contribution in [0.15, 0.2) is 61.2 Å². The molecule has 0 bridgehead atoms. The van der Waals surface area contributed by atoms with Gasteiger partial charge in [-0.15, -0.1) is 0 Å². The van der Waals surface area contributed by atoms with E-state index in [0.29, 0.717) is 22.4 Å². The van der Waals surface area contributed by atoms with E-state index in [4.69, 9.17) is 21.1 Å². The Morgan fingerprint density at radius 1 is 1.19 bits per heavy atom. The Hall–Kier alpha value is -3.10. The molecule has 0 aliphatic rings. The van der Waals surface area contributed by atoms with Gasteiger partial charge in [0.25, 0.3) is 5.91 Å². The summed E-state index contributed by atoms with van der Waals surface area (Å²) in [6, 6.07) is 12.6. The number of aromatic nitrogens is 3. The second-order valence-electron chi connectivity index (χ2n) is 6.77. The molecule has 2 aromatic heterocycles. The van der Waals surface area contributed by atoms with E-state index < -0.39 is 0 Å². The number of thiazole rings is 1. The summed E-state index contributed by atoms with van der Waals surface area (Å²) in [5.74, 6) is 1.18. The Morgan fingerprint density at radius 2 is 2.00 bits per heavy atom. The lowest BCUT2D eigenvalue weighted by Gasteiger charge is -2.20. The van der Waals surface area contributed by atoms with Crippen molar-refractivity contribution in [3.63, 3.8) is 0 Å². The third-order valence-electron chi connectivity index (χ3n) is 4.65. The first-order chi connectivity index (χ1) is 15.1. The summed E-state index contributed by atoms with van der Waals surface area (Å²) in [7, 11) is 1.63. The van der Waals surface area contributed by atoms with Crippen LogP contribution in [0.5, 0.6) is 11.5 Å². The number of nitrogens with zero attached hydrogens (tertiary/aromatic N) is 4. The van der Waals surface area contributed by atoms with E-state index in [9.17, 15) is 4.79 Å². The molecule has 4 aromatic rings. The lowest BCUT2D eigenvalue weighted by molar-refractivity contribution is -0.120. The number of imidazole rings is 1. The lowest BCUT2D eigenvalue weighted by atomic mass is 10.3. The molecule has 2 aromatic carbocycles. The first-order valence-electron chi connectivity index (χ1n) is 9.71. The molecular weight excluding hydrogens is 436 g/mol. The lowest BCUT2D eigenvalue weighted by Crippen LogP contribution is -2.36. The molecule has 0 saturated carbocycles. The molecule has 0 unspecified atom stereocenters. The number of methoxy groups -OCH3 is 1. The SMILES string of the molecule is COc1ccc2nc(N(CCCn3ccnc3)C(=O)COc3ccc(Cl)cc3)sc2c1. The van der Waals surface area contributed by atoms with Crippen molar-refractivity contribution in [3.05, 3.63) is 66.2 Å². The minimum absolute atomic E-state index is 0.0913. The molecule has 0 atom stereocenters. The normalized spacial score (nSPS) is 10.9. The Morgan fingerprint density at radius 3 is 2.74 bits per heavy atom. The predicted molar refractivity (Wildman–Crippen MR) is 122 cm³/mol. The minimum atomic E-state index is -0.161. The fourth-order valence-electron chi connectivity index (χ4n) is 3.05. The molecule has 0 radical (unpaired) electrons. The van der Waals surface area contributed by atoms with E-state index in [1.807, 2.05) is 29.0 Å². The van der Waals surface area contributed by atoms with Crippen molar-refractivity contribution in [1.29, 1.82) is 0 Å². The van der Waals surface area contributed by atoms with Gasteiger partial charge >= 0.3 is 0 Å². The van der Waals surface area contributed by atoms with Crippen molar-refractivity contribution in [2.24, 2.45) is 0 Å². The molecule has 31 heavy (non-hydrogen) atoms. The van der Waals surface area contributed by atoms with Crippen molar-refractivity contribution in [1.82, 2.24) is 14.5 Å². The van der Waals surface area contributed by atoms with Crippen LogP contribution in [0.3, 0.4) is 0 Å². The highest BCUT2D eigenvalue weighted by molar-refractivity contribution is 7.22. The number of ether oxygens (including phenoxy) is 2. The quantitative estimate of drug-likeness (QED) is 0.366. The van der Waals surface area contributed by atoms with Gasteiger partial charge in [0.05, 0.1) is 23.7 Å². The van der Waals surface area contributed by atoms with Crippen molar-refractivity contribution in [2.75, 3.05) is 25.2 Å². The van der Waals surface area contributed by atoms with Crippen LogP contribution in [-0.4, -0.2) is 40.7 Å². The standard InChI is InChI=1S/C22H21ClN4O3S/c1-29-18-7-8-19-20(13-18)31-22(25-19)27(11-2-10-26-12-9-24-15-26)21(28)14-30-17-5-3-16(23)4-6-17/h3-9,12-13,15H,2,10-11,14H2,1H3. The molecule has 0 aliphatic carbocycles. The number of amides is 1. The second-order valence-corrected chi connectivity index (χ2v) is 8.22. The number of carbonyl (C=O) groups excluding carboxylic acids is 1. The van der Waals surface area contributed by atoms with Gasteiger partial charge in [-0.1, -0.05) is 22.9 Å². The average Bonchev–Trinajstić information content (AvgIpc) is 3.45. The number of anilines is 1. The Labute approximate surface area is 188 Å². The predicted octanol–water partition coefficient (Wildman–Crippen LogP) is 4.66. The number of hydrogen-bond acceptors (Lipinski definition) is 6. The maximum absolute atomic E-state index is 13.1. The number of benzene rings is 2. The van der Waals surface area contributed by atoms with Gasteiger partial charge in [-0.2, -0.15) is 0 Å². The van der Waals surface area contributed by atoms with E-state index in [-0.39, 0.29) is 12.5 Å². The minimum Gasteiger partial charge on any atom is -0.497 e. The molecule has 0 N–H and O–H groups in total. The van der Waals surface area contributed by atoms with Crippen LogP contribution in [0.1, 0.15) is 6.42 Å². The highest BCUT2D eigenvalue weighted by atomic mass is 35.5. The fourth-order valence-corrected chi connectivity index (χ4v) is 4.21. The highest BCUT2D eigenvalue weighted by Gasteiger charge is 2.20. The van der Waals surface area contributed by atoms with Crippen molar-refractivity contribution >= 4 is 44.2 Å². The third-order valence-corrected chi connectivity index (χ3v) is 5.94. The molecule has 160 valence electrons. The largest absolute Gasteiger partial charge is 0.497 e. The first-order valence-corrected chi connectivity index (χ1v) is 10.9. The summed E-state index contributed by atoms with van der Waals surface area (Å²) in [6.45, 7) is 1.17. The number of hydrogen-bond donors (Lipinski definition) is 0. The molecule has 0 aliphatic heterocycles. The van der Waals surface area contributed by atoms with Gasteiger partial charge in [0, 0.05) is 30.5 Å². The zero-order chi connectivity index (χ0) is 21.6. The summed E-state index contributed by atoms with van der Waals surface area (Å²) in [6.07, 6.45) is 6.16. The summed E-state index contributed by atoms with van der Waals surface area (Å²) in [5.41, 5.74) is 0.826. The maximum atomic E-state index is 13.1. The Bertz CT molecular complexity index is 1150. The molecule has 9 heteroatoms. The second kappa shape index (κ2) is 9.80. The molecule has 4 rings (SSSR count). The summed E-state index contributed by atoms with van der Waals surface area (Å²) in [5, 5.41) is 1.25. The molecular formula is C22H21ClN4O3S. The Kier molecular flexibility index (Phi) is 6.69. The number of halogens is 1. The monoisotopic (exact) mass is 456 g/mol. The van der Waals surface area contributed by atoms with Crippen LogP contribution < -0.4 is 14.4 Å². The van der Waals surface area contributed by atoms with E-state index in [0.717, 1.165) is 28.9 Å². The summed E-state index contributed by atoms with van der Waals surface area (Å²) < 4.78 is 13.9. The smallest absolute Gasteiger partial charge is 0.266 e. The topological polar surface area (TPSA) is 69.5 Å². The van der Waals surface area contributed by atoms with Gasteiger partial charge in [-0.05, 0) is 48.9 Å². The maximum Gasteiger partial charge on any atom is 0.266 e. The van der Waals surface area contributed by atoms with Gasteiger partial charge in [-0.25, -0.2) is 9.97 Å². The first kappa shape index (κ1) is 21.1.